The van der Waals surface area contributed by atoms with Crippen molar-refractivity contribution < 1.29 is 9.72 Å². The van der Waals surface area contributed by atoms with Crippen molar-refractivity contribution in [2.45, 2.75) is 6.92 Å². The van der Waals surface area contributed by atoms with Gasteiger partial charge in [-0.2, -0.15) is 4.99 Å². The van der Waals surface area contributed by atoms with E-state index >= 15 is 0 Å². The second-order valence-corrected chi connectivity index (χ2v) is 4.49. The Kier molecular flexibility index (Phi) is 2.76. The summed E-state index contributed by atoms with van der Waals surface area (Å²) in [7, 11) is 1.77. The first-order valence-corrected chi connectivity index (χ1v) is 5.60. The monoisotopic (exact) mass is 251 g/mol. The van der Waals surface area contributed by atoms with E-state index in [0.29, 0.717) is 4.80 Å². The summed E-state index contributed by atoms with van der Waals surface area (Å²) in [5.41, 5.74) is 0.856. The smallest absolute Gasteiger partial charge is 0.270 e. The van der Waals surface area contributed by atoms with Crippen LogP contribution in [0.3, 0.4) is 0 Å². The molecule has 0 aliphatic carbocycles. The van der Waals surface area contributed by atoms with Crippen LogP contribution in [0, 0.1) is 10.1 Å². The summed E-state index contributed by atoms with van der Waals surface area (Å²) in [4.78, 5) is 25.5. The zero-order chi connectivity index (χ0) is 12.6. The molecule has 1 aromatic carbocycles. The number of amides is 1. The summed E-state index contributed by atoms with van der Waals surface area (Å²) in [6.07, 6.45) is 0. The highest BCUT2D eigenvalue weighted by Gasteiger charge is 2.09. The molecule has 2 rings (SSSR count). The van der Waals surface area contributed by atoms with Gasteiger partial charge >= 0.3 is 0 Å². The minimum Gasteiger partial charge on any atom is -0.319 e. The van der Waals surface area contributed by atoms with Crippen molar-refractivity contribution in [3.05, 3.63) is 33.1 Å². The number of carbonyl (C=O) groups excluding carboxylic acids is 1. The van der Waals surface area contributed by atoms with Crippen LogP contribution in [0.15, 0.2) is 23.2 Å². The highest BCUT2D eigenvalue weighted by molar-refractivity contribution is 7.16. The van der Waals surface area contributed by atoms with Gasteiger partial charge in [-0.15, -0.1) is 0 Å². The second kappa shape index (κ2) is 4.10. The molecule has 0 bridgehead atoms. The molecule has 0 atom stereocenters. The molecule has 7 heteroatoms. The van der Waals surface area contributed by atoms with E-state index in [-0.39, 0.29) is 11.6 Å². The summed E-state index contributed by atoms with van der Waals surface area (Å²) in [5.74, 6) is -0.290. The third-order valence-corrected chi connectivity index (χ3v) is 3.35. The summed E-state index contributed by atoms with van der Waals surface area (Å²) >= 11 is 1.25. The topological polar surface area (TPSA) is 77.5 Å². The number of nitro groups is 1. The molecule has 1 heterocycles. The number of aromatic nitrogens is 1. The van der Waals surface area contributed by atoms with Crippen molar-refractivity contribution >= 4 is 33.1 Å². The van der Waals surface area contributed by atoms with Gasteiger partial charge in [-0.05, 0) is 6.07 Å². The SMILES string of the molecule is CC(=O)N=c1sc2cc([N+](=O)[O-])ccc2n1C. The number of non-ortho nitro benzene ring substituents is 1. The Hall–Kier alpha value is -2.02. The zero-order valence-electron chi connectivity index (χ0n) is 9.21. The fourth-order valence-electron chi connectivity index (χ4n) is 1.48. The normalized spacial score (nSPS) is 12.0. The summed E-state index contributed by atoms with van der Waals surface area (Å²) in [6, 6.07) is 4.58. The van der Waals surface area contributed by atoms with Crippen LogP contribution in [0.1, 0.15) is 6.92 Å². The van der Waals surface area contributed by atoms with Crippen molar-refractivity contribution in [2.75, 3.05) is 0 Å². The van der Waals surface area contributed by atoms with E-state index < -0.39 is 4.92 Å². The number of benzene rings is 1. The van der Waals surface area contributed by atoms with Gasteiger partial charge in [-0.3, -0.25) is 14.9 Å². The number of rotatable bonds is 1. The van der Waals surface area contributed by atoms with Gasteiger partial charge in [0.1, 0.15) is 0 Å². The molecule has 17 heavy (non-hydrogen) atoms. The van der Waals surface area contributed by atoms with E-state index in [1.165, 1.54) is 30.4 Å². The molecule has 0 unspecified atom stereocenters. The Morgan fingerprint density at radius 2 is 2.24 bits per heavy atom. The third-order valence-electron chi connectivity index (χ3n) is 2.26. The van der Waals surface area contributed by atoms with Gasteiger partial charge < -0.3 is 4.57 Å². The maximum Gasteiger partial charge on any atom is 0.270 e. The first-order chi connectivity index (χ1) is 7.99. The van der Waals surface area contributed by atoms with Gasteiger partial charge in [0.25, 0.3) is 5.69 Å². The molecular formula is C10H9N3O3S. The Morgan fingerprint density at radius 3 is 2.82 bits per heavy atom. The van der Waals surface area contributed by atoms with Gasteiger partial charge in [0.05, 0.1) is 15.1 Å². The van der Waals surface area contributed by atoms with Crippen LogP contribution in [0.4, 0.5) is 5.69 Å². The lowest BCUT2D eigenvalue weighted by molar-refractivity contribution is -0.384. The van der Waals surface area contributed by atoms with Gasteiger partial charge in [0, 0.05) is 26.1 Å². The molecule has 0 spiro atoms. The van der Waals surface area contributed by atoms with Crippen LogP contribution >= 0.6 is 11.3 Å². The summed E-state index contributed by atoms with van der Waals surface area (Å²) in [6.45, 7) is 1.37. The first-order valence-electron chi connectivity index (χ1n) is 4.78. The van der Waals surface area contributed by atoms with Crippen molar-refractivity contribution in [3.63, 3.8) is 0 Å². The summed E-state index contributed by atoms with van der Waals surface area (Å²) < 4.78 is 2.48. The molecule has 88 valence electrons. The van der Waals surface area contributed by atoms with Crippen LogP contribution in [-0.4, -0.2) is 15.4 Å². The van der Waals surface area contributed by atoms with Crippen LogP contribution in [0.5, 0.6) is 0 Å². The van der Waals surface area contributed by atoms with Crippen molar-refractivity contribution in [3.8, 4) is 0 Å². The molecule has 0 radical (unpaired) electrons. The van der Waals surface area contributed by atoms with Crippen LogP contribution in [0.2, 0.25) is 0 Å². The third kappa shape index (κ3) is 2.09. The molecule has 0 saturated carbocycles. The molecule has 2 aromatic rings. The van der Waals surface area contributed by atoms with E-state index in [9.17, 15) is 14.9 Å². The number of aryl methyl sites for hydroxylation is 1. The average Bonchev–Trinajstić information content (AvgIpc) is 2.54. The predicted octanol–water partition coefficient (Wildman–Crippen LogP) is 1.60. The molecule has 0 aliphatic rings. The minimum atomic E-state index is -0.444. The predicted molar refractivity (Wildman–Crippen MR) is 63.7 cm³/mol. The highest BCUT2D eigenvalue weighted by atomic mass is 32.1. The van der Waals surface area contributed by atoms with E-state index in [2.05, 4.69) is 4.99 Å². The zero-order valence-corrected chi connectivity index (χ0v) is 10.0. The van der Waals surface area contributed by atoms with Crippen molar-refractivity contribution in [1.29, 1.82) is 0 Å². The molecule has 1 aromatic heterocycles. The summed E-state index contributed by atoms with van der Waals surface area (Å²) in [5, 5.41) is 10.6. The fraction of sp³-hybridized carbons (Fsp3) is 0.200. The molecule has 6 nitrogen and oxygen atoms in total. The minimum absolute atomic E-state index is 0.0359. The number of nitro benzene ring substituents is 1. The van der Waals surface area contributed by atoms with Crippen LogP contribution in [-0.2, 0) is 11.8 Å². The molecule has 0 fully saturated rings. The molecule has 0 saturated heterocycles. The van der Waals surface area contributed by atoms with Crippen molar-refractivity contribution in [2.24, 2.45) is 12.0 Å². The van der Waals surface area contributed by atoms with E-state index in [4.69, 9.17) is 0 Å². The highest BCUT2D eigenvalue weighted by Crippen LogP contribution is 2.22. The lowest BCUT2D eigenvalue weighted by Gasteiger charge is -1.94. The van der Waals surface area contributed by atoms with Gasteiger partial charge in [0.15, 0.2) is 4.80 Å². The van der Waals surface area contributed by atoms with E-state index in [1.54, 1.807) is 17.7 Å². The quantitative estimate of drug-likeness (QED) is 0.570. The van der Waals surface area contributed by atoms with Crippen molar-refractivity contribution in [1.82, 2.24) is 4.57 Å². The molecular weight excluding hydrogens is 242 g/mol. The number of thiazole rings is 1. The second-order valence-electron chi connectivity index (χ2n) is 3.48. The molecule has 0 aliphatic heterocycles. The Labute approximate surface area is 100.0 Å². The number of hydrogen-bond donors (Lipinski definition) is 0. The number of carbonyl (C=O) groups is 1. The van der Waals surface area contributed by atoms with Crippen LogP contribution < -0.4 is 4.80 Å². The standard InChI is InChI=1S/C10H9N3O3S/c1-6(14)11-10-12(2)8-4-3-7(13(15)16)5-9(8)17-10/h3-5H,1-2H3. The van der Waals surface area contributed by atoms with E-state index in [0.717, 1.165) is 10.2 Å². The maximum atomic E-state index is 10.9. The Balaban J connectivity index is 2.74. The fourth-order valence-corrected chi connectivity index (χ4v) is 2.57. The molecule has 0 N–H and O–H groups in total. The van der Waals surface area contributed by atoms with Gasteiger partial charge in [-0.25, -0.2) is 0 Å². The lowest BCUT2D eigenvalue weighted by Crippen LogP contribution is -2.11. The Bertz CT molecular complexity index is 684. The first kappa shape index (κ1) is 11.5. The Morgan fingerprint density at radius 1 is 1.53 bits per heavy atom. The van der Waals surface area contributed by atoms with Gasteiger partial charge in [0.2, 0.25) is 5.91 Å². The largest absolute Gasteiger partial charge is 0.319 e. The average molecular weight is 251 g/mol. The van der Waals surface area contributed by atoms with E-state index in [1.807, 2.05) is 0 Å². The number of hydrogen-bond acceptors (Lipinski definition) is 4. The number of fused-ring (bicyclic) bond motifs is 1. The lowest BCUT2D eigenvalue weighted by atomic mass is 10.3. The van der Waals surface area contributed by atoms with Crippen LogP contribution in [0.25, 0.3) is 10.2 Å². The maximum absolute atomic E-state index is 10.9. The van der Waals surface area contributed by atoms with Gasteiger partial charge in [-0.1, -0.05) is 11.3 Å². The number of nitrogens with zero attached hydrogens (tertiary/aromatic N) is 3. The molecule has 1 amide bonds.